The van der Waals surface area contributed by atoms with Crippen LogP contribution in [0.1, 0.15) is 13.8 Å². The van der Waals surface area contributed by atoms with Gasteiger partial charge < -0.3 is 19.2 Å². The third-order valence-corrected chi connectivity index (χ3v) is 1.76. The lowest BCUT2D eigenvalue weighted by molar-refractivity contribution is -0.170. The van der Waals surface area contributed by atoms with Crippen molar-refractivity contribution in [3.63, 3.8) is 0 Å². The van der Waals surface area contributed by atoms with Crippen LogP contribution in [0.4, 0.5) is 0 Å². The summed E-state index contributed by atoms with van der Waals surface area (Å²) in [4.78, 5) is 12.8. The van der Waals surface area contributed by atoms with Gasteiger partial charge in [0.25, 0.3) is 0 Å². The fraction of sp³-hybridized carbons (Fsp3) is 0.900. The molecule has 0 amide bonds. The van der Waals surface area contributed by atoms with E-state index < -0.39 is 6.29 Å². The summed E-state index contributed by atoms with van der Waals surface area (Å²) in [6, 6.07) is 0. The minimum atomic E-state index is -0.412. The van der Waals surface area contributed by atoms with E-state index in [1.54, 1.807) is 0 Å². The molecule has 1 unspecified atom stereocenters. The molecule has 0 aliphatic rings. The molecule has 84 valence electrons. The number of carbonyl (C=O) groups excluding carboxylic acids is 1. The Bertz CT molecular complexity index is 144. The Hall–Kier alpha value is -0.450. The second-order valence-corrected chi connectivity index (χ2v) is 3.34. The van der Waals surface area contributed by atoms with E-state index in [0.717, 1.165) is 6.29 Å². The van der Waals surface area contributed by atoms with Crippen molar-refractivity contribution in [1.82, 2.24) is 4.90 Å². The predicted octanol–water partition coefficient (Wildman–Crippen LogP) is 0.762. The average Bonchev–Trinajstić information content (AvgIpc) is 2.13. The Labute approximate surface area is 86.2 Å². The summed E-state index contributed by atoms with van der Waals surface area (Å²) >= 11 is 0. The minimum Gasteiger partial charge on any atom is -0.352 e. The highest BCUT2D eigenvalue weighted by Crippen LogP contribution is 2.08. The molecular weight excluding hydrogens is 182 g/mol. The molecule has 0 fully saturated rings. The molecule has 0 heterocycles. The highest BCUT2D eigenvalue weighted by atomic mass is 16.7. The van der Waals surface area contributed by atoms with Gasteiger partial charge in [0, 0.05) is 19.8 Å². The maximum absolute atomic E-state index is 10.8. The van der Waals surface area contributed by atoms with Crippen molar-refractivity contribution in [3.8, 4) is 0 Å². The number of nitrogens with zero attached hydrogens (tertiary/aromatic N) is 1. The van der Waals surface area contributed by atoms with E-state index in [2.05, 4.69) is 0 Å². The third kappa shape index (κ3) is 5.32. The standard InChI is InChI=1S/C10H21NO3/c1-5-13-10(14-6-2)9(8-12)7-11(3)4/h8-10H,5-7H2,1-4H3. The van der Waals surface area contributed by atoms with Gasteiger partial charge in [0.2, 0.25) is 0 Å². The Kier molecular flexibility index (Phi) is 7.65. The summed E-state index contributed by atoms with van der Waals surface area (Å²) in [5.41, 5.74) is 0. The molecule has 0 aromatic rings. The van der Waals surface area contributed by atoms with Gasteiger partial charge in [-0.1, -0.05) is 0 Å². The van der Waals surface area contributed by atoms with Gasteiger partial charge in [-0.2, -0.15) is 0 Å². The lowest BCUT2D eigenvalue weighted by Crippen LogP contribution is -2.35. The Balaban J connectivity index is 4.17. The molecule has 0 spiro atoms. The number of hydrogen-bond acceptors (Lipinski definition) is 4. The van der Waals surface area contributed by atoms with Gasteiger partial charge in [-0.3, -0.25) is 0 Å². The first kappa shape index (κ1) is 13.5. The van der Waals surface area contributed by atoms with Crippen LogP contribution in [0.25, 0.3) is 0 Å². The fourth-order valence-corrected chi connectivity index (χ4v) is 1.24. The highest BCUT2D eigenvalue weighted by molar-refractivity contribution is 5.54. The van der Waals surface area contributed by atoms with Gasteiger partial charge >= 0.3 is 0 Å². The van der Waals surface area contributed by atoms with E-state index in [-0.39, 0.29) is 5.92 Å². The van der Waals surface area contributed by atoms with Crippen molar-refractivity contribution in [3.05, 3.63) is 0 Å². The van der Waals surface area contributed by atoms with Gasteiger partial charge in [0.15, 0.2) is 6.29 Å². The minimum absolute atomic E-state index is 0.218. The van der Waals surface area contributed by atoms with E-state index in [9.17, 15) is 4.79 Å². The van der Waals surface area contributed by atoms with Crippen molar-refractivity contribution in [2.24, 2.45) is 5.92 Å². The molecule has 4 nitrogen and oxygen atoms in total. The maximum Gasteiger partial charge on any atom is 0.168 e. The SMILES string of the molecule is CCOC(OCC)C(C=O)CN(C)C. The Morgan fingerprint density at radius 2 is 1.71 bits per heavy atom. The summed E-state index contributed by atoms with van der Waals surface area (Å²) < 4.78 is 10.7. The molecule has 1 atom stereocenters. The Morgan fingerprint density at radius 3 is 2.00 bits per heavy atom. The van der Waals surface area contributed by atoms with E-state index >= 15 is 0 Å². The molecule has 0 aromatic carbocycles. The van der Waals surface area contributed by atoms with Crippen molar-refractivity contribution in [2.45, 2.75) is 20.1 Å². The van der Waals surface area contributed by atoms with E-state index in [1.807, 2.05) is 32.8 Å². The van der Waals surface area contributed by atoms with Crippen LogP contribution in [0.2, 0.25) is 0 Å². The first-order valence-electron chi connectivity index (χ1n) is 4.98. The molecule has 4 heteroatoms. The summed E-state index contributed by atoms with van der Waals surface area (Å²) in [6.45, 7) is 5.55. The van der Waals surface area contributed by atoms with Crippen LogP contribution in [0.5, 0.6) is 0 Å². The van der Waals surface area contributed by atoms with Crippen molar-refractivity contribution in [1.29, 1.82) is 0 Å². The van der Waals surface area contributed by atoms with Gasteiger partial charge in [0.1, 0.15) is 6.29 Å². The van der Waals surface area contributed by atoms with Crippen molar-refractivity contribution >= 4 is 6.29 Å². The first-order chi connectivity index (χ1) is 6.65. The molecule has 0 saturated heterocycles. The number of rotatable bonds is 8. The molecule has 0 N–H and O–H groups in total. The van der Waals surface area contributed by atoms with Crippen molar-refractivity contribution in [2.75, 3.05) is 33.9 Å². The molecule has 0 radical (unpaired) electrons. The van der Waals surface area contributed by atoms with Gasteiger partial charge in [-0.15, -0.1) is 0 Å². The predicted molar refractivity (Wildman–Crippen MR) is 55.1 cm³/mol. The van der Waals surface area contributed by atoms with Gasteiger partial charge in [-0.05, 0) is 27.9 Å². The summed E-state index contributed by atoms with van der Waals surface area (Å²) in [5.74, 6) is -0.218. The third-order valence-electron chi connectivity index (χ3n) is 1.76. The zero-order valence-electron chi connectivity index (χ0n) is 9.53. The van der Waals surface area contributed by atoms with Crippen LogP contribution in [-0.2, 0) is 14.3 Å². The summed E-state index contributed by atoms with van der Waals surface area (Å²) in [6.07, 6.45) is 0.487. The smallest absolute Gasteiger partial charge is 0.168 e. The largest absolute Gasteiger partial charge is 0.352 e. The average molecular weight is 203 g/mol. The zero-order valence-corrected chi connectivity index (χ0v) is 9.53. The van der Waals surface area contributed by atoms with Crippen LogP contribution in [0, 0.1) is 5.92 Å². The topological polar surface area (TPSA) is 38.8 Å². The van der Waals surface area contributed by atoms with Gasteiger partial charge in [-0.25, -0.2) is 0 Å². The first-order valence-corrected chi connectivity index (χ1v) is 4.98. The normalized spacial score (nSPS) is 13.6. The lowest BCUT2D eigenvalue weighted by atomic mass is 10.1. The molecule has 0 rings (SSSR count). The van der Waals surface area contributed by atoms with Crippen LogP contribution < -0.4 is 0 Å². The molecule has 0 bridgehead atoms. The molecule has 14 heavy (non-hydrogen) atoms. The molecule has 0 aliphatic carbocycles. The molecule has 0 aliphatic heterocycles. The number of ether oxygens (including phenoxy) is 2. The summed E-state index contributed by atoms with van der Waals surface area (Å²) in [5, 5.41) is 0. The zero-order chi connectivity index (χ0) is 11.0. The maximum atomic E-state index is 10.8. The number of carbonyl (C=O) groups is 1. The fourth-order valence-electron chi connectivity index (χ4n) is 1.24. The quantitative estimate of drug-likeness (QED) is 0.431. The summed E-state index contributed by atoms with van der Waals surface area (Å²) in [7, 11) is 3.84. The second kappa shape index (κ2) is 7.91. The Morgan fingerprint density at radius 1 is 1.21 bits per heavy atom. The van der Waals surface area contributed by atoms with E-state index in [0.29, 0.717) is 19.8 Å². The molecule has 0 aromatic heterocycles. The molecule has 0 saturated carbocycles. The van der Waals surface area contributed by atoms with Crippen LogP contribution in [0.3, 0.4) is 0 Å². The monoisotopic (exact) mass is 203 g/mol. The van der Waals surface area contributed by atoms with E-state index in [1.165, 1.54) is 0 Å². The van der Waals surface area contributed by atoms with Crippen LogP contribution in [-0.4, -0.2) is 51.3 Å². The van der Waals surface area contributed by atoms with Gasteiger partial charge in [0.05, 0.1) is 5.92 Å². The van der Waals surface area contributed by atoms with Crippen LogP contribution >= 0.6 is 0 Å². The number of hydrogen-bond donors (Lipinski definition) is 0. The van der Waals surface area contributed by atoms with Crippen LogP contribution in [0.15, 0.2) is 0 Å². The molecular formula is C10H21NO3. The highest BCUT2D eigenvalue weighted by Gasteiger charge is 2.22. The lowest BCUT2D eigenvalue weighted by Gasteiger charge is -2.24. The second-order valence-electron chi connectivity index (χ2n) is 3.34. The number of aldehydes is 1. The van der Waals surface area contributed by atoms with Crippen molar-refractivity contribution < 1.29 is 14.3 Å². The van der Waals surface area contributed by atoms with E-state index in [4.69, 9.17) is 9.47 Å².